The molecule has 0 radical (unpaired) electrons. The lowest BCUT2D eigenvalue weighted by Crippen LogP contribution is -2.44. The number of nitrogens with two attached hydrogens (primary N) is 1. The summed E-state index contributed by atoms with van der Waals surface area (Å²) in [5.74, 6) is 1.16. The molecule has 1 amide bonds. The van der Waals surface area contributed by atoms with Crippen LogP contribution in [-0.4, -0.2) is 37.0 Å². The predicted octanol–water partition coefficient (Wildman–Crippen LogP) is 3.05. The van der Waals surface area contributed by atoms with Crippen molar-refractivity contribution < 1.29 is 9.53 Å². The molecule has 116 valence electrons. The predicted molar refractivity (Wildman–Crippen MR) is 87.6 cm³/mol. The van der Waals surface area contributed by atoms with Crippen molar-refractivity contribution in [2.24, 2.45) is 11.7 Å². The number of nitrogens with zero attached hydrogens (tertiary/aromatic N) is 1. The van der Waals surface area contributed by atoms with Gasteiger partial charge in [0.15, 0.2) is 0 Å². The van der Waals surface area contributed by atoms with E-state index in [2.05, 4.69) is 15.9 Å². The van der Waals surface area contributed by atoms with Crippen molar-refractivity contribution >= 4 is 21.8 Å². The summed E-state index contributed by atoms with van der Waals surface area (Å²) in [6, 6.07) is 5.75. The molecule has 1 saturated carbocycles. The minimum absolute atomic E-state index is 0.0497. The van der Waals surface area contributed by atoms with Gasteiger partial charge in [-0.15, -0.1) is 0 Å². The van der Waals surface area contributed by atoms with Gasteiger partial charge in [0, 0.05) is 17.1 Å². The molecule has 1 aromatic rings. The average molecular weight is 355 g/mol. The Balaban J connectivity index is 2.28. The van der Waals surface area contributed by atoms with E-state index in [0.717, 1.165) is 23.7 Å². The largest absolute Gasteiger partial charge is 0.497 e. The van der Waals surface area contributed by atoms with Gasteiger partial charge in [0.25, 0.3) is 5.91 Å². The van der Waals surface area contributed by atoms with Crippen molar-refractivity contribution in [3.05, 3.63) is 28.2 Å². The highest BCUT2D eigenvalue weighted by molar-refractivity contribution is 9.10. The Bertz CT molecular complexity index is 507. The first kappa shape index (κ1) is 16.3. The van der Waals surface area contributed by atoms with E-state index in [4.69, 9.17) is 10.5 Å². The highest BCUT2D eigenvalue weighted by Crippen LogP contribution is 2.32. The SMILES string of the molecule is CCN(C(=O)c1cc(OC)ccc1Br)C1CCCC1CN. The zero-order valence-corrected chi connectivity index (χ0v) is 14.2. The maximum Gasteiger partial charge on any atom is 0.255 e. The van der Waals surface area contributed by atoms with Crippen LogP contribution in [0.25, 0.3) is 0 Å². The summed E-state index contributed by atoms with van der Waals surface area (Å²) < 4.78 is 6.03. The quantitative estimate of drug-likeness (QED) is 0.883. The van der Waals surface area contributed by atoms with E-state index >= 15 is 0 Å². The van der Waals surface area contributed by atoms with Crippen LogP contribution >= 0.6 is 15.9 Å². The van der Waals surface area contributed by atoms with Crippen molar-refractivity contribution in [3.63, 3.8) is 0 Å². The third-order valence-corrected chi connectivity index (χ3v) is 5.02. The molecule has 0 saturated heterocycles. The van der Waals surface area contributed by atoms with Crippen molar-refractivity contribution in [3.8, 4) is 5.75 Å². The smallest absolute Gasteiger partial charge is 0.255 e. The number of amides is 1. The molecule has 0 heterocycles. The summed E-state index contributed by atoms with van der Waals surface area (Å²) in [5, 5.41) is 0. The van der Waals surface area contributed by atoms with E-state index in [-0.39, 0.29) is 11.9 Å². The molecule has 0 aromatic heterocycles. The summed E-state index contributed by atoms with van der Waals surface area (Å²) >= 11 is 3.47. The number of ether oxygens (including phenoxy) is 1. The summed E-state index contributed by atoms with van der Waals surface area (Å²) in [6.07, 6.45) is 3.31. The third kappa shape index (κ3) is 3.40. The van der Waals surface area contributed by atoms with Crippen LogP contribution in [0.2, 0.25) is 0 Å². The zero-order chi connectivity index (χ0) is 15.4. The van der Waals surface area contributed by atoms with E-state index in [1.165, 1.54) is 0 Å². The first-order valence-corrected chi connectivity index (χ1v) is 8.26. The van der Waals surface area contributed by atoms with E-state index in [9.17, 15) is 4.79 Å². The molecule has 0 aliphatic heterocycles. The second-order valence-corrected chi connectivity index (χ2v) is 6.29. The molecular formula is C16H23BrN2O2. The van der Waals surface area contributed by atoms with Crippen LogP contribution in [0.15, 0.2) is 22.7 Å². The van der Waals surface area contributed by atoms with Gasteiger partial charge in [0.2, 0.25) is 0 Å². The number of carbonyl (C=O) groups is 1. The first-order chi connectivity index (χ1) is 10.1. The van der Waals surface area contributed by atoms with Gasteiger partial charge in [-0.25, -0.2) is 0 Å². The third-order valence-electron chi connectivity index (χ3n) is 4.33. The van der Waals surface area contributed by atoms with Crippen LogP contribution in [0.3, 0.4) is 0 Å². The molecule has 4 nitrogen and oxygen atoms in total. The van der Waals surface area contributed by atoms with Gasteiger partial charge < -0.3 is 15.4 Å². The maximum absolute atomic E-state index is 12.9. The van der Waals surface area contributed by atoms with Gasteiger partial charge in [-0.2, -0.15) is 0 Å². The molecule has 2 N–H and O–H groups in total. The standard InChI is InChI=1S/C16H23BrN2O2/c1-3-19(15-6-4-5-11(15)10-18)16(20)13-9-12(21-2)7-8-14(13)17/h7-9,11,15H,3-6,10,18H2,1-2H3. The molecule has 21 heavy (non-hydrogen) atoms. The summed E-state index contributed by atoms with van der Waals surface area (Å²) in [6.45, 7) is 3.37. The molecule has 2 unspecified atom stereocenters. The van der Waals surface area contributed by atoms with Crippen LogP contribution in [0.5, 0.6) is 5.75 Å². The summed E-state index contributed by atoms with van der Waals surface area (Å²) in [4.78, 5) is 14.9. The Hall–Kier alpha value is -1.07. The minimum Gasteiger partial charge on any atom is -0.497 e. The minimum atomic E-state index is 0.0497. The van der Waals surface area contributed by atoms with Crippen LogP contribution < -0.4 is 10.5 Å². The zero-order valence-electron chi connectivity index (χ0n) is 12.6. The molecule has 1 aromatic carbocycles. The van der Waals surface area contributed by atoms with E-state index < -0.39 is 0 Å². The highest BCUT2D eigenvalue weighted by Gasteiger charge is 2.34. The fourth-order valence-electron chi connectivity index (χ4n) is 3.18. The monoisotopic (exact) mass is 354 g/mol. The van der Waals surface area contributed by atoms with Gasteiger partial charge in [0.1, 0.15) is 5.75 Å². The van der Waals surface area contributed by atoms with Crippen LogP contribution in [0, 0.1) is 5.92 Å². The van der Waals surface area contributed by atoms with Gasteiger partial charge in [-0.1, -0.05) is 6.42 Å². The van der Waals surface area contributed by atoms with Gasteiger partial charge >= 0.3 is 0 Å². The van der Waals surface area contributed by atoms with E-state index in [1.54, 1.807) is 13.2 Å². The van der Waals surface area contributed by atoms with Crippen molar-refractivity contribution in [2.45, 2.75) is 32.2 Å². The first-order valence-electron chi connectivity index (χ1n) is 7.46. The van der Waals surface area contributed by atoms with E-state index in [0.29, 0.717) is 30.3 Å². The average Bonchev–Trinajstić information content (AvgIpc) is 2.96. The second-order valence-electron chi connectivity index (χ2n) is 5.43. The fourth-order valence-corrected chi connectivity index (χ4v) is 3.60. The molecule has 0 bridgehead atoms. The molecule has 2 atom stereocenters. The van der Waals surface area contributed by atoms with E-state index in [1.807, 2.05) is 24.0 Å². The normalized spacial score (nSPS) is 21.3. The lowest BCUT2D eigenvalue weighted by atomic mass is 10.0. The lowest BCUT2D eigenvalue weighted by molar-refractivity contribution is 0.0650. The molecule has 1 fully saturated rings. The number of rotatable bonds is 5. The number of hydrogen-bond acceptors (Lipinski definition) is 3. The Labute approximate surface area is 134 Å². The topological polar surface area (TPSA) is 55.6 Å². The fraction of sp³-hybridized carbons (Fsp3) is 0.562. The van der Waals surface area contributed by atoms with Crippen LogP contribution in [0.1, 0.15) is 36.5 Å². The Morgan fingerprint density at radius 3 is 2.86 bits per heavy atom. The molecular weight excluding hydrogens is 332 g/mol. The van der Waals surface area contributed by atoms with Crippen LogP contribution in [-0.2, 0) is 0 Å². The number of hydrogen-bond donors (Lipinski definition) is 1. The van der Waals surface area contributed by atoms with Gasteiger partial charge in [-0.3, -0.25) is 4.79 Å². The van der Waals surface area contributed by atoms with Crippen LogP contribution in [0.4, 0.5) is 0 Å². The number of carbonyl (C=O) groups excluding carboxylic acids is 1. The lowest BCUT2D eigenvalue weighted by Gasteiger charge is -2.32. The van der Waals surface area contributed by atoms with Crippen molar-refractivity contribution in [2.75, 3.05) is 20.2 Å². The molecule has 1 aliphatic carbocycles. The number of methoxy groups -OCH3 is 1. The van der Waals surface area contributed by atoms with Gasteiger partial charge in [0.05, 0.1) is 12.7 Å². The molecule has 1 aliphatic rings. The highest BCUT2D eigenvalue weighted by atomic mass is 79.9. The Morgan fingerprint density at radius 1 is 1.48 bits per heavy atom. The molecule has 5 heteroatoms. The Morgan fingerprint density at radius 2 is 2.24 bits per heavy atom. The molecule has 0 spiro atoms. The number of halogens is 1. The summed E-state index contributed by atoms with van der Waals surface area (Å²) in [5.41, 5.74) is 6.52. The second kappa shape index (κ2) is 7.27. The molecule has 2 rings (SSSR count). The Kier molecular flexibility index (Phi) is 5.65. The summed E-state index contributed by atoms with van der Waals surface area (Å²) in [7, 11) is 1.61. The van der Waals surface area contributed by atoms with Gasteiger partial charge in [-0.05, 0) is 66.4 Å². The number of benzene rings is 1. The van der Waals surface area contributed by atoms with Crippen molar-refractivity contribution in [1.82, 2.24) is 4.90 Å². The van der Waals surface area contributed by atoms with Crippen molar-refractivity contribution in [1.29, 1.82) is 0 Å². The maximum atomic E-state index is 12.9.